The normalized spacial score (nSPS) is 12.6. The second kappa shape index (κ2) is 7.13. The van der Waals surface area contributed by atoms with Gasteiger partial charge < -0.3 is 19.9 Å². The largest absolute Gasteiger partial charge is 0.493 e. The molecular formula is C12H17F2NO3. The Balaban J connectivity index is 3.00. The van der Waals surface area contributed by atoms with E-state index in [1.54, 1.807) is 19.2 Å². The lowest BCUT2D eigenvalue weighted by Gasteiger charge is -2.18. The monoisotopic (exact) mass is 261 g/mol. The third-order valence-corrected chi connectivity index (χ3v) is 2.57. The molecule has 102 valence electrons. The Morgan fingerprint density at radius 2 is 2.06 bits per heavy atom. The van der Waals surface area contributed by atoms with Gasteiger partial charge in [0.25, 0.3) is 0 Å². The highest BCUT2D eigenvalue weighted by atomic mass is 19.3. The van der Waals surface area contributed by atoms with Crippen LogP contribution in [-0.2, 0) is 0 Å². The van der Waals surface area contributed by atoms with Crippen molar-refractivity contribution in [1.29, 1.82) is 0 Å². The van der Waals surface area contributed by atoms with Gasteiger partial charge in [0, 0.05) is 12.6 Å². The molecule has 0 aliphatic carbocycles. The Bertz CT molecular complexity index is 374. The molecule has 0 bridgehead atoms. The maximum atomic E-state index is 12.3. The van der Waals surface area contributed by atoms with Crippen LogP contribution in [0.5, 0.6) is 11.5 Å². The SMILES string of the molecule is CNC(CCO)c1ccc(OC)c(OC(F)F)c1. The van der Waals surface area contributed by atoms with E-state index in [0.29, 0.717) is 6.42 Å². The van der Waals surface area contributed by atoms with Crippen LogP contribution in [0.15, 0.2) is 18.2 Å². The van der Waals surface area contributed by atoms with Gasteiger partial charge in [0.15, 0.2) is 11.5 Å². The fraction of sp³-hybridized carbons (Fsp3) is 0.500. The molecule has 0 fully saturated rings. The average Bonchev–Trinajstić information content (AvgIpc) is 2.35. The Labute approximate surface area is 105 Å². The number of hydrogen-bond acceptors (Lipinski definition) is 4. The number of benzene rings is 1. The summed E-state index contributed by atoms with van der Waals surface area (Å²) >= 11 is 0. The van der Waals surface area contributed by atoms with Crippen molar-refractivity contribution in [1.82, 2.24) is 5.32 Å². The van der Waals surface area contributed by atoms with E-state index in [0.717, 1.165) is 5.56 Å². The second-order valence-corrected chi connectivity index (χ2v) is 3.64. The molecule has 1 unspecified atom stereocenters. The number of hydrogen-bond donors (Lipinski definition) is 2. The summed E-state index contributed by atoms with van der Waals surface area (Å²) < 4.78 is 33.9. The molecule has 2 N–H and O–H groups in total. The summed E-state index contributed by atoms with van der Waals surface area (Å²) in [4.78, 5) is 0. The predicted molar refractivity (Wildman–Crippen MR) is 63.1 cm³/mol. The van der Waals surface area contributed by atoms with Crippen molar-refractivity contribution in [2.24, 2.45) is 0 Å². The standard InChI is InChI=1S/C12H17F2NO3/c1-15-9(5-6-16)8-3-4-10(17-2)11(7-8)18-12(13)14/h3-4,7,9,12,15-16H,5-6H2,1-2H3. The van der Waals surface area contributed by atoms with Crippen molar-refractivity contribution in [3.8, 4) is 11.5 Å². The van der Waals surface area contributed by atoms with Crippen LogP contribution in [0.4, 0.5) is 8.78 Å². The molecule has 4 nitrogen and oxygen atoms in total. The Morgan fingerprint density at radius 3 is 2.56 bits per heavy atom. The van der Waals surface area contributed by atoms with Gasteiger partial charge in [-0.15, -0.1) is 0 Å². The van der Waals surface area contributed by atoms with Crippen molar-refractivity contribution in [2.75, 3.05) is 20.8 Å². The van der Waals surface area contributed by atoms with Crippen molar-refractivity contribution in [2.45, 2.75) is 19.1 Å². The second-order valence-electron chi connectivity index (χ2n) is 3.64. The van der Waals surface area contributed by atoms with Gasteiger partial charge in [-0.05, 0) is 31.2 Å². The van der Waals surface area contributed by atoms with E-state index in [2.05, 4.69) is 10.1 Å². The Hall–Kier alpha value is -1.40. The Kier molecular flexibility index (Phi) is 5.80. The zero-order valence-corrected chi connectivity index (χ0v) is 10.3. The number of rotatable bonds is 7. The van der Waals surface area contributed by atoms with Crippen molar-refractivity contribution in [3.05, 3.63) is 23.8 Å². The van der Waals surface area contributed by atoms with Gasteiger partial charge in [-0.25, -0.2) is 0 Å². The van der Waals surface area contributed by atoms with Gasteiger partial charge in [0.05, 0.1) is 7.11 Å². The number of aliphatic hydroxyl groups is 1. The van der Waals surface area contributed by atoms with Crippen molar-refractivity contribution >= 4 is 0 Å². The minimum Gasteiger partial charge on any atom is -0.493 e. The number of aliphatic hydroxyl groups excluding tert-OH is 1. The van der Waals surface area contributed by atoms with E-state index in [1.807, 2.05) is 0 Å². The molecule has 0 aliphatic heterocycles. The highest BCUT2D eigenvalue weighted by Gasteiger charge is 2.15. The van der Waals surface area contributed by atoms with Crippen LogP contribution in [0.2, 0.25) is 0 Å². The number of alkyl halides is 2. The lowest BCUT2D eigenvalue weighted by Crippen LogP contribution is -2.17. The third kappa shape index (κ3) is 3.82. The van der Waals surface area contributed by atoms with Crippen molar-refractivity contribution in [3.63, 3.8) is 0 Å². The molecule has 18 heavy (non-hydrogen) atoms. The van der Waals surface area contributed by atoms with Crippen LogP contribution in [-0.4, -0.2) is 32.5 Å². The summed E-state index contributed by atoms with van der Waals surface area (Å²) in [6.07, 6.45) is 0.483. The molecule has 0 aliphatic rings. The van der Waals surface area contributed by atoms with Crippen LogP contribution in [0, 0.1) is 0 Å². The van der Waals surface area contributed by atoms with E-state index in [1.165, 1.54) is 13.2 Å². The van der Waals surface area contributed by atoms with Crippen LogP contribution < -0.4 is 14.8 Å². The molecule has 0 spiro atoms. The lowest BCUT2D eigenvalue weighted by atomic mass is 10.0. The third-order valence-electron chi connectivity index (χ3n) is 2.57. The summed E-state index contributed by atoms with van der Waals surface area (Å²) in [6.45, 7) is -2.90. The molecule has 1 rings (SSSR count). The first kappa shape index (κ1) is 14.7. The molecular weight excluding hydrogens is 244 g/mol. The topological polar surface area (TPSA) is 50.7 Å². The summed E-state index contributed by atoms with van der Waals surface area (Å²) in [5.74, 6) is 0.237. The first-order valence-corrected chi connectivity index (χ1v) is 5.53. The molecule has 1 aromatic carbocycles. The molecule has 0 heterocycles. The maximum Gasteiger partial charge on any atom is 0.387 e. The maximum absolute atomic E-state index is 12.3. The van der Waals surface area contributed by atoms with Gasteiger partial charge in [-0.3, -0.25) is 0 Å². The molecule has 6 heteroatoms. The highest BCUT2D eigenvalue weighted by molar-refractivity contribution is 5.43. The lowest BCUT2D eigenvalue weighted by molar-refractivity contribution is -0.0512. The van der Waals surface area contributed by atoms with Crippen LogP contribution >= 0.6 is 0 Å². The first-order valence-electron chi connectivity index (χ1n) is 5.53. The molecule has 0 saturated carbocycles. The zero-order chi connectivity index (χ0) is 13.5. The molecule has 1 aromatic rings. The minimum absolute atomic E-state index is 0.00255. The summed E-state index contributed by atoms with van der Waals surface area (Å²) in [7, 11) is 3.12. The molecule has 1 atom stereocenters. The zero-order valence-electron chi connectivity index (χ0n) is 10.3. The van der Waals surface area contributed by atoms with Gasteiger partial charge >= 0.3 is 6.61 Å². The van der Waals surface area contributed by atoms with E-state index in [9.17, 15) is 8.78 Å². The molecule has 0 aromatic heterocycles. The Morgan fingerprint density at radius 1 is 1.33 bits per heavy atom. The van der Waals surface area contributed by atoms with Gasteiger partial charge in [0.1, 0.15) is 0 Å². The van der Waals surface area contributed by atoms with E-state index in [4.69, 9.17) is 9.84 Å². The van der Waals surface area contributed by atoms with E-state index >= 15 is 0 Å². The number of halogens is 2. The van der Waals surface area contributed by atoms with E-state index in [-0.39, 0.29) is 24.1 Å². The van der Waals surface area contributed by atoms with Gasteiger partial charge in [-0.1, -0.05) is 6.07 Å². The van der Waals surface area contributed by atoms with Crippen LogP contribution in [0.25, 0.3) is 0 Å². The quantitative estimate of drug-likeness (QED) is 0.787. The van der Waals surface area contributed by atoms with Crippen molar-refractivity contribution < 1.29 is 23.4 Å². The first-order chi connectivity index (χ1) is 8.62. The molecule has 0 radical (unpaired) electrons. The summed E-state index contributed by atoms with van der Waals surface area (Å²) in [5, 5.41) is 11.9. The van der Waals surface area contributed by atoms with Gasteiger partial charge in [-0.2, -0.15) is 8.78 Å². The number of nitrogens with one attached hydrogen (secondary N) is 1. The van der Waals surface area contributed by atoms with Crippen LogP contribution in [0.1, 0.15) is 18.0 Å². The smallest absolute Gasteiger partial charge is 0.387 e. The van der Waals surface area contributed by atoms with Gasteiger partial charge in [0.2, 0.25) is 0 Å². The summed E-state index contributed by atoms with van der Waals surface area (Å²) in [5.41, 5.74) is 0.753. The number of methoxy groups -OCH3 is 1. The van der Waals surface area contributed by atoms with Crippen LogP contribution in [0.3, 0.4) is 0 Å². The van der Waals surface area contributed by atoms with E-state index < -0.39 is 6.61 Å². The molecule has 0 saturated heterocycles. The number of ether oxygens (including phenoxy) is 2. The highest BCUT2D eigenvalue weighted by Crippen LogP contribution is 2.32. The summed E-state index contributed by atoms with van der Waals surface area (Å²) in [6, 6.07) is 4.67. The fourth-order valence-corrected chi connectivity index (χ4v) is 1.70. The predicted octanol–water partition coefficient (Wildman–Crippen LogP) is 1.94. The average molecular weight is 261 g/mol. The minimum atomic E-state index is -2.90. The fourth-order valence-electron chi connectivity index (χ4n) is 1.70. The molecule has 0 amide bonds.